The molecule has 1 heterocycles. The highest BCUT2D eigenvalue weighted by molar-refractivity contribution is 8.44. The summed E-state index contributed by atoms with van der Waals surface area (Å²) in [5.74, 6) is 0. The number of aliphatic hydroxyl groups is 1. The van der Waals surface area contributed by atoms with Crippen molar-refractivity contribution < 1.29 is 18.7 Å². The quantitative estimate of drug-likeness (QED) is 0.500. The molecule has 1 aromatic heterocycles. The molecule has 0 spiro atoms. The second-order valence-corrected chi connectivity index (χ2v) is 6.77. The molecule has 10 heteroatoms. The molecule has 108 valence electrons. The van der Waals surface area contributed by atoms with Gasteiger partial charge in [0.15, 0.2) is 0 Å². The van der Waals surface area contributed by atoms with Crippen molar-refractivity contribution in [3.63, 3.8) is 0 Å². The van der Waals surface area contributed by atoms with Crippen LogP contribution in [0.3, 0.4) is 0 Å². The molecule has 2 N–H and O–H groups in total. The van der Waals surface area contributed by atoms with E-state index in [1.807, 2.05) is 0 Å². The SMILES string of the molecule is COP(=O)(S)OC(CO)Cn1cc(C)c(=O)[nH]c1=O. The minimum atomic E-state index is -3.57. The lowest BCUT2D eigenvalue weighted by Crippen LogP contribution is -2.35. The maximum Gasteiger partial charge on any atom is 0.386 e. The molecule has 19 heavy (non-hydrogen) atoms. The van der Waals surface area contributed by atoms with Gasteiger partial charge in [-0.2, -0.15) is 0 Å². The number of aromatic amines is 1. The molecule has 0 amide bonds. The highest BCUT2D eigenvalue weighted by Crippen LogP contribution is 2.53. The Hall–Kier alpha value is -0.860. The Labute approximate surface area is 114 Å². The third-order valence-corrected chi connectivity index (χ3v) is 4.10. The number of nitrogens with zero attached hydrogens (tertiary/aromatic N) is 1. The van der Waals surface area contributed by atoms with Gasteiger partial charge in [-0.05, 0) is 6.92 Å². The topological polar surface area (TPSA) is 111 Å². The van der Waals surface area contributed by atoms with E-state index in [0.717, 1.165) is 11.7 Å². The van der Waals surface area contributed by atoms with Crippen LogP contribution in [-0.4, -0.2) is 34.5 Å². The van der Waals surface area contributed by atoms with Crippen LogP contribution in [0.2, 0.25) is 0 Å². The molecule has 2 atom stereocenters. The molecule has 0 radical (unpaired) electrons. The van der Waals surface area contributed by atoms with E-state index in [4.69, 9.17) is 9.63 Å². The summed E-state index contributed by atoms with van der Waals surface area (Å²) in [6.45, 7) is -2.63. The first-order chi connectivity index (χ1) is 8.79. The lowest BCUT2D eigenvalue weighted by molar-refractivity contribution is 0.0896. The first-order valence-corrected chi connectivity index (χ1v) is 7.96. The smallest absolute Gasteiger partial charge is 0.386 e. The van der Waals surface area contributed by atoms with Crippen molar-refractivity contribution in [2.75, 3.05) is 13.7 Å². The van der Waals surface area contributed by atoms with Crippen LogP contribution < -0.4 is 11.2 Å². The summed E-state index contributed by atoms with van der Waals surface area (Å²) < 4.78 is 22.1. The highest BCUT2D eigenvalue weighted by atomic mass is 32.7. The molecule has 0 saturated heterocycles. The third kappa shape index (κ3) is 4.63. The lowest BCUT2D eigenvalue weighted by Gasteiger charge is -2.19. The van der Waals surface area contributed by atoms with Crippen LogP contribution in [0, 0.1) is 6.92 Å². The number of aromatic nitrogens is 2. The standard InChI is InChI=1S/C9H15N2O6PS/c1-6-3-11(9(14)10-8(6)13)4-7(5-12)17-18(15,19)16-2/h3,7,12H,4-5H2,1-2H3,(H,15,19)(H,10,13,14). The molecular weight excluding hydrogens is 295 g/mol. The fourth-order valence-electron chi connectivity index (χ4n) is 1.33. The molecule has 0 aromatic carbocycles. The zero-order chi connectivity index (χ0) is 14.6. The second kappa shape index (κ2) is 6.53. The number of H-pyrrole nitrogens is 1. The van der Waals surface area contributed by atoms with Gasteiger partial charge in [-0.3, -0.25) is 18.9 Å². The van der Waals surface area contributed by atoms with Gasteiger partial charge in [0.05, 0.1) is 13.2 Å². The number of rotatable bonds is 6. The van der Waals surface area contributed by atoms with E-state index in [9.17, 15) is 14.2 Å². The zero-order valence-corrected chi connectivity index (χ0v) is 12.2. The first-order valence-electron chi connectivity index (χ1n) is 5.27. The van der Waals surface area contributed by atoms with E-state index in [1.165, 1.54) is 13.1 Å². The van der Waals surface area contributed by atoms with E-state index < -0.39 is 30.8 Å². The van der Waals surface area contributed by atoms with Crippen molar-refractivity contribution in [2.45, 2.75) is 19.6 Å². The average Bonchev–Trinajstić information content (AvgIpc) is 2.34. The monoisotopic (exact) mass is 310 g/mol. The summed E-state index contributed by atoms with van der Waals surface area (Å²) in [6.07, 6.45) is 0.370. The lowest BCUT2D eigenvalue weighted by atomic mass is 10.3. The Morgan fingerprint density at radius 3 is 2.74 bits per heavy atom. The summed E-state index contributed by atoms with van der Waals surface area (Å²) in [5.41, 5.74) is -0.805. The molecule has 2 unspecified atom stereocenters. The Bertz CT molecular complexity index is 597. The van der Waals surface area contributed by atoms with Crippen LogP contribution in [0.15, 0.2) is 15.8 Å². The van der Waals surface area contributed by atoms with Gasteiger partial charge in [0.1, 0.15) is 6.10 Å². The maximum atomic E-state index is 11.5. The van der Waals surface area contributed by atoms with Gasteiger partial charge >= 0.3 is 12.5 Å². The molecule has 8 nitrogen and oxygen atoms in total. The van der Waals surface area contributed by atoms with E-state index >= 15 is 0 Å². The molecule has 0 bridgehead atoms. The van der Waals surface area contributed by atoms with Crippen LogP contribution in [0.4, 0.5) is 0 Å². The predicted molar refractivity (Wildman–Crippen MR) is 71.6 cm³/mol. The van der Waals surface area contributed by atoms with Crippen LogP contribution >= 0.6 is 19.0 Å². The Morgan fingerprint density at radius 2 is 2.21 bits per heavy atom. The van der Waals surface area contributed by atoms with Gasteiger partial charge < -0.3 is 9.63 Å². The minimum absolute atomic E-state index is 0.0964. The van der Waals surface area contributed by atoms with E-state index in [0.29, 0.717) is 5.56 Å². The van der Waals surface area contributed by atoms with Gasteiger partial charge in [-0.15, -0.1) is 0 Å². The van der Waals surface area contributed by atoms with Crippen molar-refractivity contribution in [1.82, 2.24) is 9.55 Å². The minimum Gasteiger partial charge on any atom is -0.394 e. The van der Waals surface area contributed by atoms with Crippen LogP contribution in [0.1, 0.15) is 5.56 Å². The normalized spacial score (nSPS) is 16.0. The van der Waals surface area contributed by atoms with Gasteiger partial charge in [0.25, 0.3) is 5.56 Å². The predicted octanol–water partition coefficient (Wildman–Crippen LogP) is -0.0932. The van der Waals surface area contributed by atoms with Gasteiger partial charge in [0, 0.05) is 18.9 Å². The van der Waals surface area contributed by atoms with Crippen molar-refractivity contribution in [3.05, 3.63) is 32.6 Å². The van der Waals surface area contributed by atoms with Crippen molar-refractivity contribution in [2.24, 2.45) is 0 Å². The Kier molecular flexibility index (Phi) is 5.57. The Morgan fingerprint density at radius 1 is 1.58 bits per heavy atom. The number of hydrogen-bond acceptors (Lipinski definition) is 6. The summed E-state index contributed by atoms with van der Waals surface area (Å²) in [6, 6.07) is 0. The molecule has 1 aromatic rings. The molecule has 1 rings (SSSR count). The van der Waals surface area contributed by atoms with Crippen molar-refractivity contribution in [3.8, 4) is 0 Å². The van der Waals surface area contributed by atoms with Crippen LogP contribution in [-0.2, 0) is 20.2 Å². The molecule has 0 aliphatic carbocycles. The number of thiol groups is 1. The molecule has 0 aliphatic rings. The average molecular weight is 310 g/mol. The fraction of sp³-hybridized carbons (Fsp3) is 0.556. The Balaban J connectivity index is 2.94. The summed E-state index contributed by atoms with van der Waals surface area (Å²) >= 11 is 3.66. The molecule has 0 fully saturated rings. The van der Waals surface area contributed by atoms with Gasteiger partial charge in [0.2, 0.25) is 0 Å². The van der Waals surface area contributed by atoms with E-state index in [2.05, 4.69) is 21.8 Å². The first kappa shape index (κ1) is 16.2. The zero-order valence-electron chi connectivity index (χ0n) is 10.4. The number of aryl methyl sites for hydroxylation is 1. The van der Waals surface area contributed by atoms with E-state index in [-0.39, 0.29) is 6.54 Å². The molecule has 0 saturated carbocycles. The van der Waals surface area contributed by atoms with Gasteiger partial charge in [-0.1, -0.05) is 12.2 Å². The highest BCUT2D eigenvalue weighted by Gasteiger charge is 2.23. The molecule has 0 aliphatic heterocycles. The summed E-state index contributed by atoms with van der Waals surface area (Å²) in [4.78, 5) is 24.8. The van der Waals surface area contributed by atoms with Crippen LogP contribution in [0.25, 0.3) is 0 Å². The van der Waals surface area contributed by atoms with E-state index in [1.54, 1.807) is 0 Å². The number of hydrogen-bond donors (Lipinski definition) is 3. The van der Waals surface area contributed by atoms with Crippen molar-refractivity contribution >= 4 is 19.0 Å². The van der Waals surface area contributed by atoms with Gasteiger partial charge in [-0.25, -0.2) is 9.36 Å². The largest absolute Gasteiger partial charge is 0.394 e. The summed E-state index contributed by atoms with van der Waals surface area (Å²) in [5, 5.41) is 9.14. The summed E-state index contributed by atoms with van der Waals surface area (Å²) in [7, 11) is 1.15. The number of aliphatic hydroxyl groups excluding tert-OH is 1. The maximum absolute atomic E-state index is 11.5. The van der Waals surface area contributed by atoms with Crippen LogP contribution in [0.5, 0.6) is 0 Å². The molecular formula is C9H15N2O6PS. The number of nitrogens with one attached hydrogen (secondary N) is 1. The third-order valence-electron chi connectivity index (χ3n) is 2.31. The van der Waals surface area contributed by atoms with Crippen molar-refractivity contribution in [1.29, 1.82) is 0 Å². The second-order valence-electron chi connectivity index (χ2n) is 3.78. The fourth-order valence-corrected chi connectivity index (χ4v) is 2.33.